The van der Waals surface area contributed by atoms with Crippen LogP contribution in [0.2, 0.25) is 0 Å². The minimum atomic E-state index is -0.846. The maximum absolute atomic E-state index is 12.8. The molecule has 0 aromatic carbocycles. The zero-order valence-electron chi connectivity index (χ0n) is 15.7. The van der Waals surface area contributed by atoms with Crippen LogP contribution in [0.4, 0.5) is 0 Å². The molecule has 2 atom stereocenters. The molecule has 0 bridgehead atoms. The van der Waals surface area contributed by atoms with Crippen molar-refractivity contribution in [3.63, 3.8) is 0 Å². The van der Waals surface area contributed by atoms with Crippen molar-refractivity contribution in [2.24, 2.45) is 11.8 Å². The van der Waals surface area contributed by atoms with Crippen LogP contribution in [0.15, 0.2) is 24.4 Å². The number of piperidine rings is 1. The van der Waals surface area contributed by atoms with E-state index in [0.717, 1.165) is 31.6 Å². The van der Waals surface area contributed by atoms with Gasteiger partial charge in [0.2, 0.25) is 5.91 Å². The molecular weight excluding hydrogens is 330 g/mol. The van der Waals surface area contributed by atoms with E-state index in [-0.39, 0.29) is 11.8 Å². The Balaban J connectivity index is 1.59. The fraction of sp³-hybridized carbons (Fsp3) is 0.650. The molecular formula is C20H29N3O3. The number of nitrogens with zero attached hydrogens (tertiary/aromatic N) is 3. The van der Waals surface area contributed by atoms with E-state index in [4.69, 9.17) is 0 Å². The zero-order valence-corrected chi connectivity index (χ0v) is 15.7. The quantitative estimate of drug-likeness (QED) is 0.873. The molecule has 0 unspecified atom stereocenters. The average molecular weight is 359 g/mol. The van der Waals surface area contributed by atoms with Crippen LogP contribution in [0, 0.1) is 11.8 Å². The van der Waals surface area contributed by atoms with Crippen LogP contribution >= 0.6 is 0 Å². The minimum Gasteiger partial charge on any atom is -0.481 e. The van der Waals surface area contributed by atoms with Crippen LogP contribution in [-0.2, 0) is 9.59 Å². The number of likely N-dealkylation sites (tertiary alicyclic amines) is 2. The van der Waals surface area contributed by atoms with E-state index < -0.39 is 11.9 Å². The van der Waals surface area contributed by atoms with Gasteiger partial charge in [-0.15, -0.1) is 0 Å². The van der Waals surface area contributed by atoms with Gasteiger partial charge in [0.15, 0.2) is 0 Å². The van der Waals surface area contributed by atoms with Gasteiger partial charge in [-0.3, -0.25) is 14.6 Å². The molecule has 0 saturated carbocycles. The molecule has 2 aliphatic heterocycles. The van der Waals surface area contributed by atoms with Crippen molar-refractivity contribution in [1.29, 1.82) is 0 Å². The molecule has 3 heterocycles. The van der Waals surface area contributed by atoms with Gasteiger partial charge in [-0.25, -0.2) is 0 Å². The second kappa shape index (κ2) is 8.16. The number of aliphatic carboxylic acids is 1. The van der Waals surface area contributed by atoms with Gasteiger partial charge in [0, 0.05) is 43.4 Å². The normalized spacial score (nSPS) is 25.0. The molecule has 1 amide bonds. The SMILES string of the molecule is CC(C)N1CCC(CC(=O)N2C[C@H](C(=O)O)[C@@H](c3ccccn3)C2)CC1. The molecule has 2 fully saturated rings. The second-order valence-electron chi connectivity index (χ2n) is 7.88. The predicted molar refractivity (Wildman–Crippen MR) is 98.7 cm³/mol. The highest BCUT2D eigenvalue weighted by atomic mass is 16.4. The molecule has 3 rings (SSSR count). The van der Waals surface area contributed by atoms with E-state index in [2.05, 4.69) is 23.7 Å². The van der Waals surface area contributed by atoms with Crippen LogP contribution in [0.25, 0.3) is 0 Å². The first-order chi connectivity index (χ1) is 12.5. The fourth-order valence-electron chi connectivity index (χ4n) is 4.20. The molecule has 1 aromatic heterocycles. The van der Waals surface area contributed by atoms with Crippen LogP contribution in [0.5, 0.6) is 0 Å². The van der Waals surface area contributed by atoms with E-state index >= 15 is 0 Å². The Morgan fingerprint density at radius 3 is 2.54 bits per heavy atom. The molecule has 0 spiro atoms. The van der Waals surface area contributed by atoms with E-state index in [0.29, 0.717) is 31.5 Å². The summed E-state index contributed by atoms with van der Waals surface area (Å²) in [5, 5.41) is 9.58. The topological polar surface area (TPSA) is 73.7 Å². The first-order valence-electron chi connectivity index (χ1n) is 9.61. The van der Waals surface area contributed by atoms with Crippen molar-refractivity contribution in [2.45, 2.75) is 45.1 Å². The smallest absolute Gasteiger partial charge is 0.309 e. The summed E-state index contributed by atoms with van der Waals surface area (Å²) in [7, 11) is 0. The van der Waals surface area contributed by atoms with Crippen molar-refractivity contribution < 1.29 is 14.7 Å². The van der Waals surface area contributed by atoms with Crippen molar-refractivity contribution in [2.75, 3.05) is 26.2 Å². The molecule has 142 valence electrons. The number of hydrogen-bond donors (Lipinski definition) is 1. The standard InChI is InChI=1S/C20H29N3O3/c1-14(2)22-9-6-15(7-10-22)11-19(24)23-12-16(17(13-23)20(25)26)18-5-3-4-8-21-18/h3-5,8,14-17H,6-7,9-13H2,1-2H3,(H,25,26)/t16-,17-/m0/s1. The van der Waals surface area contributed by atoms with Crippen molar-refractivity contribution >= 4 is 11.9 Å². The first-order valence-corrected chi connectivity index (χ1v) is 9.61. The molecule has 6 heteroatoms. The third-order valence-corrected chi connectivity index (χ3v) is 5.90. The lowest BCUT2D eigenvalue weighted by molar-refractivity contribution is -0.142. The lowest BCUT2D eigenvalue weighted by Gasteiger charge is -2.34. The van der Waals surface area contributed by atoms with Crippen LogP contribution in [-0.4, -0.2) is 64.0 Å². The molecule has 1 N–H and O–H groups in total. The maximum Gasteiger partial charge on any atom is 0.309 e. The fourth-order valence-corrected chi connectivity index (χ4v) is 4.20. The largest absolute Gasteiger partial charge is 0.481 e. The van der Waals surface area contributed by atoms with E-state index in [1.807, 2.05) is 18.2 Å². The second-order valence-corrected chi connectivity index (χ2v) is 7.88. The highest BCUT2D eigenvalue weighted by Crippen LogP contribution is 2.33. The van der Waals surface area contributed by atoms with Gasteiger partial charge in [0.25, 0.3) is 0 Å². The Morgan fingerprint density at radius 1 is 1.23 bits per heavy atom. The summed E-state index contributed by atoms with van der Waals surface area (Å²) in [5.74, 6) is -1.13. The summed E-state index contributed by atoms with van der Waals surface area (Å²) in [4.78, 5) is 33.0. The minimum absolute atomic E-state index is 0.0951. The Bertz CT molecular complexity index is 626. The van der Waals surface area contributed by atoms with Gasteiger partial charge in [0.05, 0.1) is 5.92 Å². The Hall–Kier alpha value is -1.95. The summed E-state index contributed by atoms with van der Waals surface area (Å²) in [6.07, 6.45) is 4.31. The third kappa shape index (κ3) is 4.23. The maximum atomic E-state index is 12.8. The van der Waals surface area contributed by atoms with Gasteiger partial charge < -0.3 is 14.9 Å². The summed E-state index contributed by atoms with van der Waals surface area (Å²) >= 11 is 0. The number of aromatic nitrogens is 1. The number of carboxylic acids is 1. The number of hydrogen-bond acceptors (Lipinski definition) is 4. The molecule has 6 nitrogen and oxygen atoms in total. The zero-order chi connectivity index (χ0) is 18.7. The summed E-state index contributed by atoms with van der Waals surface area (Å²) in [6.45, 7) is 7.25. The highest BCUT2D eigenvalue weighted by molar-refractivity contribution is 5.79. The third-order valence-electron chi connectivity index (χ3n) is 5.90. The van der Waals surface area contributed by atoms with Gasteiger partial charge >= 0.3 is 5.97 Å². The predicted octanol–water partition coefficient (Wildman–Crippen LogP) is 2.22. The van der Waals surface area contributed by atoms with Gasteiger partial charge in [0.1, 0.15) is 0 Å². The van der Waals surface area contributed by atoms with Crippen molar-refractivity contribution in [3.05, 3.63) is 30.1 Å². The first kappa shape index (κ1) is 18.8. The lowest BCUT2D eigenvalue weighted by Crippen LogP contribution is -2.40. The molecule has 26 heavy (non-hydrogen) atoms. The van der Waals surface area contributed by atoms with Crippen molar-refractivity contribution in [3.8, 4) is 0 Å². The van der Waals surface area contributed by atoms with Crippen LogP contribution in [0.3, 0.4) is 0 Å². The summed E-state index contributed by atoms with van der Waals surface area (Å²) < 4.78 is 0. The summed E-state index contributed by atoms with van der Waals surface area (Å²) in [5.41, 5.74) is 0.764. The lowest BCUT2D eigenvalue weighted by atomic mass is 9.92. The molecule has 0 aliphatic carbocycles. The molecule has 1 aromatic rings. The van der Waals surface area contributed by atoms with Gasteiger partial charge in [-0.1, -0.05) is 6.07 Å². The van der Waals surface area contributed by atoms with E-state index in [1.54, 1.807) is 11.1 Å². The van der Waals surface area contributed by atoms with Crippen LogP contribution in [0.1, 0.15) is 44.7 Å². The molecule has 2 saturated heterocycles. The molecule has 2 aliphatic rings. The Morgan fingerprint density at radius 2 is 1.96 bits per heavy atom. The number of carboxylic acid groups (broad SMARTS) is 1. The molecule has 0 radical (unpaired) electrons. The van der Waals surface area contributed by atoms with Crippen molar-refractivity contribution in [1.82, 2.24) is 14.8 Å². The monoisotopic (exact) mass is 359 g/mol. The highest BCUT2D eigenvalue weighted by Gasteiger charge is 2.41. The van der Waals surface area contributed by atoms with Gasteiger partial charge in [-0.2, -0.15) is 0 Å². The Labute approximate surface area is 155 Å². The van der Waals surface area contributed by atoms with Crippen LogP contribution < -0.4 is 0 Å². The summed E-state index contributed by atoms with van der Waals surface area (Å²) in [6, 6.07) is 6.10. The number of carbonyl (C=O) groups is 2. The number of carbonyl (C=O) groups excluding carboxylic acids is 1. The average Bonchev–Trinajstić information content (AvgIpc) is 3.09. The van der Waals surface area contributed by atoms with E-state index in [1.165, 1.54) is 0 Å². The number of rotatable bonds is 5. The number of pyridine rings is 1. The van der Waals surface area contributed by atoms with Gasteiger partial charge in [-0.05, 0) is 57.8 Å². The number of amides is 1. The van der Waals surface area contributed by atoms with E-state index in [9.17, 15) is 14.7 Å². The Kier molecular flexibility index (Phi) is 5.91.